The molecule has 2 aliphatic carbocycles. The van der Waals surface area contributed by atoms with Gasteiger partial charge >= 0.3 is 0 Å². The van der Waals surface area contributed by atoms with Gasteiger partial charge in [-0.05, 0) is 83.7 Å². The van der Waals surface area contributed by atoms with Crippen LogP contribution < -0.4 is 25.2 Å². The number of nitrogens with one attached hydrogen (secondary N) is 2. The van der Waals surface area contributed by atoms with Crippen LogP contribution in [0.1, 0.15) is 75.6 Å². The lowest BCUT2D eigenvalue weighted by Gasteiger charge is -2.31. The fourth-order valence-corrected chi connectivity index (χ4v) is 6.82. The summed E-state index contributed by atoms with van der Waals surface area (Å²) in [7, 11) is 3.43. The molecule has 3 heterocycles. The van der Waals surface area contributed by atoms with Crippen molar-refractivity contribution >= 4 is 35.0 Å². The Labute approximate surface area is 242 Å². The first-order valence-corrected chi connectivity index (χ1v) is 15.1. The van der Waals surface area contributed by atoms with E-state index in [0.717, 1.165) is 56.8 Å². The zero-order chi connectivity index (χ0) is 28.8. The number of amides is 2. The fourth-order valence-electron chi connectivity index (χ4n) is 6.82. The number of carbonyl (C=O) groups is 2. The van der Waals surface area contributed by atoms with E-state index in [1.165, 1.54) is 25.7 Å². The van der Waals surface area contributed by atoms with Crippen molar-refractivity contribution in [2.45, 2.75) is 76.8 Å². The summed E-state index contributed by atoms with van der Waals surface area (Å²) in [6.07, 6.45) is 10.7. The van der Waals surface area contributed by atoms with Crippen LogP contribution in [0.4, 0.5) is 23.1 Å². The molecule has 0 atom stereocenters. The van der Waals surface area contributed by atoms with E-state index in [9.17, 15) is 9.59 Å². The van der Waals surface area contributed by atoms with E-state index in [1.807, 2.05) is 13.1 Å². The maximum atomic E-state index is 13.3. The number of fused-ring (bicyclic) bond motifs is 1. The smallest absolute Gasteiger partial charge is 0.251 e. The van der Waals surface area contributed by atoms with Crippen molar-refractivity contribution in [1.29, 1.82) is 0 Å². The second-order valence-electron chi connectivity index (χ2n) is 13.0. The summed E-state index contributed by atoms with van der Waals surface area (Å²) >= 11 is 0. The van der Waals surface area contributed by atoms with Gasteiger partial charge in [0, 0.05) is 37.3 Å². The largest absolute Gasteiger partial charge is 0.495 e. The molecule has 0 radical (unpaired) electrons. The van der Waals surface area contributed by atoms with E-state index in [-0.39, 0.29) is 22.8 Å². The number of hydrogen-bond acceptors (Lipinski definition) is 8. The number of anilines is 4. The molecule has 10 heteroatoms. The molecule has 220 valence electrons. The number of carbonyl (C=O) groups excluding carboxylic acids is 2. The van der Waals surface area contributed by atoms with Crippen molar-refractivity contribution in [2.75, 3.05) is 55.5 Å². The molecule has 0 bridgehead atoms. The SMILES string of the molecule is COc1cc(C(=O)NC(C)(C)CN2CCCC2)ccc1Nc1ncc2c(n1)N(C1CCCC1)CC1(CC1)C(=O)N2C. The Morgan fingerprint density at radius 1 is 1.15 bits per heavy atom. The molecule has 2 aromatic rings. The van der Waals surface area contributed by atoms with Crippen LogP contribution >= 0.6 is 0 Å². The molecular formula is C31H43N7O3. The van der Waals surface area contributed by atoms with Gasteiger partial charge in [-0.15, -0.1) is 0 Å². The monoisotopic (exact) mass is 561 g/mol. The van der Waals surface area contributed by atoms with Crippen molar-refractivity contribution in [3.8, 4) is 5.75 Å². The van der Waals surface area contributed by atoms with Gasteiger partial charge < -0.3 is 30.1 Å². The first-order chi connectivity index (χ1) is 19.7. The highest BCUT2D eigenvalue weighted by atomic mass is 16.5. The molecule has 1 aromatic heterocycles. The van der Waals surface area contributed by atoms with Gasteiger partial charge in [0.25, 0.3) is 5.91 Å². The Hall–Kier alpha value is -3.40. The van der Waals surface area contributed by atoms with Crippen molar-refractivity contribution in [3.63, 3.8) is 0 Å². The van der Waals surface area contributed by atoms with Crippen LogP contribution in [0.2, 0.25) is 0 Å². The van der Waals surface area contributed by atoms with Crippen LogP contribution in [-0.2, 0) is 4.79 Å². The summed E-state index contributed by atoms with van der Waals surface area (Å²) < 4.78 is 5.68. The third kappa shape index (κ3) is 5.58. The van der Waals surface area contributed by atoms with Gasteiger partial charge in [0.1, 0.15) is 11.4 Å². The van der Waals surface area contributed by atoms with Gasteiger partial charge in [0.05, 0.1) is 24.4 Å². The third-order valence-electron chi connectivity index (χ3n) is 9.21. The number of ether oxygens (including phenoxy) is 1. The molecule has 41 heavy (non-hydrogen) atoms. The Balaban J connectivity index is 1.23. The Morgan fingerprint density at radius 3 is 2.56 bits per heavy atom. The Morgan fingerprint density at radius 2 is 1.88 bits per heavy atom. The van der Waals surface area contributed by atoms with Crippen LogP contribution in [0.25, 0.3) is 0 Å². The molecule has 2 aliphatic heterocycles. The van der Waals surface area contributed by atoms with Crippen molar-refractivity contribution in [1.82, 2.24) is 20.2 Å². The molecule has 1 aromatic carbocycles. The van der Waals surface area contributed by atoms with Crippen molar-refractivity contribution < 1.29 is 14.3 Å². The average molecular weight is 562 g/mol. The van der Waals surface area contributed by atoms with Gasteiger partial charge in [-0.1, -0.05) is 12.8 Å². The normalized spacial score (nSPS) is 20.7. The van der Waals surface area contributed by atoms with Crippen LogP contribution in [-0.4, -0.2) is 78.6 Å². The van der Waals surface area contributed by atoms with Crippen LogP contribution in [0.15, 0.2) is 24.4 Å². The average Bonchev–Trinajstić information content (AvgIpc) is 3.30. The lowest BCUT2D eigenvalue weighted by molar-refractivity contribution is -0.122. The third-order valence-corrected chi connectivity index (χ3v) is 9.21. The second kappa shape index (κ2) is 10.8. The van der Waals surface area contributed by atoms with Crippen LogP contribution in [0.3, 0.4) is 0 Å². The highest BCUT2D eigenvalue weighted by Crippen LogP contribution is 2.52. The van der Waals surface area contributed by atoms with Gasteiger partial charge in [-0.3, -0.25) is 9.59 Å². The number of aromatic nitrogens is 2. The van der Waals surface area contributed by atoms with E-state index in [0.29, 0.717) is 35.5 Å². The number of benzene rings is 1. The predicted molar refractivity (Wildman–Crippen MR) is 160 cm³/mol. The topological polar surface area (TPSA) is 103 Å². The number of hydrogen-bond donors (Lipinski definition) is 2. The summed E-state index contributed by atoms with van der Waals surface area (Å²) in [5, 5.41) is 6.51. The maximum Gasteiger partial charge on any atom is 0.251 e. The Kier molecular flexibility index (Phi) is 7.30. The summed E-state index contributed by atoms with van der Waals surface area (Å²) in [5.74, 6) is 1.81. The minimum atomic E-state index is -0.347. The maximum absolute atomic E-state index is 13.3. The van der Waals surface area contributed by atoms with Crippen LogP contribution in [0.5, 0.6) is 5.75 Å². The quantitative estimate of drug-likeness (QED) is 0.491. The second-order valence-corrected chi connectivity index (χ2v) is 13.0. The van der Waals surface area contributed by atoms with E-state index in [4.69, 9.17) is 9.72 Å². The zero-order valence-electron chi connectivity index (χ0n) is 24.8. The zero-order valence-corrected chi connectivity index (χ0v) is 24.8. The molecule has 10 nitrogen and oxygen atoms in total. The number of likely N-dealkylation sites (tertiary alicyclic amines) is 1. The first-order valence-electron chi connectivity index (χ1n) is 15.1. The van der Waals surface area contributed by atoms with Gasteiger partial charge in [-0.2, -0.15) is 4.98 Å². The summed E-state index contributed by atoms with van der Waals surface area (Å²) in [4.78, 5) is 42.6. The molecule has 0 unspecified atom stereocenters. The van der Waals surface area contributed by atoms with E-state index >= 15 is 0 Å². The molecule has 1 saturated heterocycles. The van der Waals surface area contributed by atoms with Gasteiger partial charge in [0.2, 0.25) is 11.9 Å². The molecular weight excluding hydrogens is 518 g/mol. The van der Waals surface area contributed by atoms with Crippen molar-refractivity contribution in [3.05, 3.63) is 30.0 Å². The standard InChI is InChI=1S/C31H43N7O3/c1-30(2,19-37-15-7-8-16-37)35-27(39)21-11-12-23(25(17-21)41-4)33-29-32-18-24-26(34-29)38(22-9-5-6-10-22)20-31(13-14-31)28(40)36(24)3/h11-12,17-18,22H,5-10,13-16,19-20H2,1-4H3,(H,35,39)(H,32,33,34). The van der Waals surface area contributed by atoms with E-state index < -0.39 is 0 Å². The minimum absolute atomic E-state index is 0.130. The van der Waals surface area contributed by atoms with Gasteiger partial charge in [0.15, 0.2) is 5.82 Å². The van der Waals surface area contributed by atoms with Crippen LogP contribution in [0, 0.1) is 5.41 Å². The highest BCUT2D eigenvalue weighted by Gasteiger charge is 2.55. The lowest BCUT2D eigenvalue weighted by atomic mass is 10.0. The lowest BCUT2D eigenvalue weighted by Crippen LogP contribution is -2.51. The Bertz CT molecular complexity index is 1310. The molecule has 6 rings (SSSR count). The summed E-state index contributed by atoms with van der Waals surface area (Å²) in [6, 6.07) is 5.76. The molecule has 2 saturated carbocycles. The molecule has 4 aliphatic rings. The fraction of sp³-hybridized carbons (Fsp3) is 0.613. The number of methoxy groups -OCH3 is 1. The van der Waals surface area contributed by atoms with Gasteiger partial charge in [-0.25, -0.2) is 4.98 Å². The predicted octanol–water partition coefficient (Wildman–Crippen LogP) is 4.34. The summed E-state index contributed by atoms with van der Waals surface area (Å²) in [5.41, 5.74) is 1.32. The number of rotatable bonds is 8. The molecule has 1 spiro atoms. The first kappa shape index (κ1) is 27.8. The highest BCUT2D eigenvalue weighted by molar-refractivity contribution is 6.03. The van der Waals surface area contributed by atoms with E-state index in [2.05, 4.69) is 39.3 Å². The molecule has 2 amide bonds. The minimum Gasteiger partial charge on any atom is -0.495 e. The molecule has 3 fully saturated rings. The summed E-state index contributed by atoms with van der Waals surface area (Å²) in [6.45, 7) is 7.85. The van der Waals surface area contributed by atoms with Crippen molar-refractivity contribution in [2.24, 2.45) is 5.41 Å². The number of nitrogens with zero attached hydrogens (tertiary/aromatic N) is 5. The molecule has 2 N–H and O–H groups in total. The van der Waals surface area contributed by atoms with E-state index in [1.54, 1.807) is 30.3 Å².